The van der Waals surface area contributed by atoms with E-state index in [-0.39, 0.29) is 6.09 Å². The van der Waals surface area contributed by atoms with Gasteiger partial charge in [0.1, 0.15) is 5.60 Å². The lowest BCUT2D eigenvalue weighted by Gasteiger charge is -2.36. The number of nitrogens with zero attached hydrogens (tertiary/aromatic N) is 5. The summed E-state index contributed by atoms with van der Waals surface area (Å²) in [6.07, 6.45) is -0.251. The van der Waals surface area contributed by atoms with Crippen LogP contribution >= 0.6 is 0 Å². The van der Waals surface area contributed by atoms with Gasteiger partial charge in [-0.25, -0.2) is 4.79 Å². The maximum absolute atomic E-state index is 12.1. The van der Waals surface area contributed by atoms with Gasteiger partial charge in [0.2, 0.25) is 0 Å². The summed E-state index contributed by atoms with van der Waals surface area (Å²) in [5, 5.41) is 0. The zero-order valence-corrected chi connectivity index (χ0v) is 16.9. The molecule has 2 aliphatic heterocycles. The predicted molar refractivity (Wildman–Crippen MR) is 104 cm³/mol. The minimum Gasteiger partial charge on any atom is -0.444 e. The molecular formula is C18H36N6O2. The smallest absolute Gasteiger partial charge is 0.410 e. The minimum atomic E-state index is -0.461. The van der Waals surface area contributed by atoms with E-state index in [1.54, 1.807) is 4.90 Å². The number of carbonyl (C=O) groups is 1. The van der Waals surface area contributed by atoms with Crippen molar-refractivity contribution in [2.75, 3.05) is 72.0 Å². The van der Waals surface area contributed by atoms with Gasteiger partial charge in [0, 0.05) is 58.9 Å². The molecule has 26 heavy (non-hydrogen) atoms. The molecule has 0 spiro atoms. The van der Waals surface area contributed by atoms with Gasteiger partial charge in [-0.1, -0.05) is 6.92 Å². The Morgan fingerprint density at radius 3 is 2.04 bits per heavy atom. The van der Waals surface area contributed by atoms with Gasteiger partial charge in [0.15, 0.2) is 5.96 Å². The maximum Gasteiger partial charge on any atom is 0.410 e. The minimum absolute atomic E-state index is 0.251. The van der Waals surface area contributed by atoms with E-state index in [4.69, 9.17) is 10.5 Å². The number of rotatable bonds is 4. The van der Waals surface area contributed by atoms with Gasteiger partial charge < -0.3 is 25.2 Å². The second-order valence-corrected chi connectivity index (χ2v) is 7.97. The molecule has 150 valence electrons. The Bertz CT molecular complexity index is 475. The van der Waals surface area contributed by atoms with Crippen LogP contribution in [0, 0.1) is 0 Å². The number of likely N-dealkylation sites (N-methyl/N-ethyl adjacent to an activating group) is 1. The van der Waals surface area contributed by atoms with Crippen molar-refractivity contribution >= 4 is 12.1 Å². The number of hydrogen-bond acceptors (Lipinski definition) is 5. The standard InChI is InChI=1S/C18H36N6O2/c1-5-21-8-10-22(11-9-21)7-6-20-16(19)23-12-14-24(15-13-23)17(25)26-18(2,3)4/h5-15H2,1-4H3,(H2,19,20). The summed E-state index contributed by atoms with van der Waals surface area (Å²) in [5.41, 5.74) is 5.68. The third-order valence-electron chi connectivity index (χ3n) is 4.86. The van der Waals surface area contributed by atoms with E-state index in [1.165, 1.54) is 0 Å². The van der Waals surface area contributed by atoms with Crippen LogP contribution in [0.4, 0.5) is 4.79 Å². The van der Waals surface area contributed by atoms with E-state index in [0.717, 1.165) is 45.8 Å². The molecule has 2 rings (SSSR count). The SMILES string of the molecule is CCN1CCN(CCN=C(N)N2CCN(C(=O)OC(C)(C)C)CC2)CC1. The van der Waals surface area contributed by atoms with Crippen LogP contribution < -0.4 is 5.73 Å². The second kappa shape index (κ2) is 9.41. The molecule has 8 heteroatoms. The van der Waals surface area contributed by atoms with Crippen LogP contribution in [0.1, 0.15) is 27.7 Å². The molecule has 2 N–H and O–H groups in total. The molecule has 2 saturated heterocycles. The van der Waals surface area contributed by atoms with E-state index in [2.05, 4.69) is 26.6 Å². The van der Waals surface area contributed by atoms with E-state index in [9.17, 15) is 4.79 Å². The van der Waals surface area contributed by atoms with Crippen molar-refractivity contribution in [1.82, 2.24) is 19.6 Å². The second-order valence-electron chi connectivity index (χ2n) is 7.97. The fourth-order valence-corrected chi connectivity index (χ4v) is 3.18. The zero-order chi connectivity index (χ0) is 19.2. The maximum atomic E-state index is 12.1. The van der Waals surface area contributed by atoms with Gasteiger partial charge >= 0.3 is 6.09 Å². The average Bonchev–Trinajstić information content (AvgIpc) is 2.61. The number of nitrogens with two attached hydrogens (primary N) is 1. The fraction of sp³-hybridized carbons (Fsp3) is 0.889. The lowest BCUT2D eigenvalue weighted by atomic mass is 10.2. The molecule has 8 nitrogen and oxygen atoms in total. The Kier molecular flexibility index (Phi) is 7.52. The van der Waals surface area contributed by atoms with Gasteiger partial charge in [0.25, 0.3) is 0 Å². The summed E-state index contributed by atoms with van der Waals surface area (Å²) in [6.45, 7) is 17.8. The molecule has 2 fully saturated rings. The predicted octanol–water partition coefficient (Wildman–Crippen LogP) is 0.491. The highest BCUT2D eigenvalue weighted by Crippen LogP contribution is 2.11. The number of aliphatic imine (C=N–C) groups is 1. The van der Waals surface area contributed by atoms with Crippen LogP contribution in [-0.2, 0) is 4.74 Å². The van der Waals surface area contributed by atoms with Crippen LogP contribution in [0.3, 0.4) is 0 Å². The van der Waals surface area contributed by atoms with Crippen molar-refractivity contribution in [3.63, 3.8) is 0 Å². The highest BCUT2D eigenvalue weighted by atomic mass is 16.6. The summed E-state index contributed by atoms with van der Waals surface area (Å²) in [6, 6.07) is 0. The molecule has 0 atom stereocenters. The van der Waals surface area contributed by atoms with Crippen LogP contribution in [0.2, 0.25) is 0 Å². The molecule has 0 bridgehead atoms. The Hall–Kier alpha value is -1.54. The largest absolute Gasteiger partial charge is 0.444 e. The number of piperazine rings is 2. The summed E-state index contributed by atoms with van der Waals surface area (Å²) in [7, 11) is 0. The Morgan fingerprint density at radius 1 is 0.962 bits per heavy atom. The van der Waals surface area contributed by atoms with Gasteiger partial charge in [-0.2, -0.15) is 0 Å². The van der Waals surface area contributed by atoms with E-state index in [1.807, 2.05) is 20.8 Å². The monoisotopic (exact) mass is 368 g/mol. The number of carbonyl (C=O) groups excluding carboxylic acids is 1. The van der Waals surface area contributed by atoms with Crippen LogP contribution in [-0.4, -0.2) is 109 Å². The normalized spacial score (nSPS) is 21.2. The van der Waals surface area contributed by atoms with Crippen molar-refractivity contribution in [2.24, 2.45) is 10.7 Å². The molecule has 2 aliphatic rings. The van der Waals surface area contributed by atoms with Crippen LogP contribution in [0.5, 0.6) is 0 Å². The number of guanidine groups is 1. The molecule has 0 aromatic carbocycles. The first-order chi connectivity index (χ1) is 12.3. The van der Waals surface area contributed by atoms with Gasteiger partial charge in [-0.3, -0.25) is 9.89 Å². The topological polar surface area (TPSA) is 77.6 Å². The highest BCUT2D eigenvalue weighted by Gasteiger charge is 2.26. The first-order valence-electron chi connectivity index (χ1n) is 9.76. The highest BCUT2D eigenvalue weighted by molar-refractivity contribution is 5.78. The van der Waals surface area contributed by atoms with Gasteiger partial charge in [-0.05, 0) is 27.3 Å². The van der Waals surface area contributed by atoms with Crippen molar-refractivity contribution in [2.45, 2.75) is 33.3 Å². The molecule has 0 aromatic rings. The average molecular weight is 369 g/mol. The number of hydrogen-bond donors (Lipinski definition) is 1. The number of amides is 1. The molecule has 0 aromatic heterocycles. The van der Waals surface area contributed by atoms with E-state index < -0.39 is 5.60 Å². The third kappa shape index (κ3) is 6.64. The summed E-state index contributed by atoms with van der Waals surface area (Å²) >= 11 is 0. The molecular weight excluding hydrogens is 332 g/mol. The molecule has 1 amide bonds. The fourth-order valence-electron chi connectivity index (χ4n) is 3.18. The molecule has 2 heterocycles. The van der Waals surface area contributed by atoms with Crippen molar-refractivity contribution in [3.8, 4) is 0 Å². The molecule has 0 unspecified atom stereocenters. The van der Waals surface area contributed by atoms with Crippen molar-refractivity contribution in [3.05, 3.63) is 0 Å². The molecule has 0 radical (unpaired) electrons. The lowest BCUT2D eigenvalue weighted by Crippen LogP contribution is -2.53. The zero-order valence-electron chi connectivity index (χ0n) is 16.9. The van der Waals surface area contributed by atoms with Crippen LogP contribution in [0.15, 0.2) is 4.99 Å². The van der Waals surface area contributed by atoms with Crippen LogP contribution in [0.25, 0.3) is 0 Å². The first kappa shape index (κ1) is 20.8. The van der Waals surface area contributed by atoms with Gasteiger partial charge in [-0.15, -0.1) is 0 Å². The van der Waals surface area contributed by atoms with Crippen molar-refractivity contribution < 1.29 is 9.53 Å². The summed E-state index contributed by atoms with van der Waals surface area (Å²) < 4.78 is 5.42. The van der Waals surface area contributed by atoms with Crippen molar-refractivity contribution in [1.29, 1.82) is 0 Å². The summed E-state index contributed by atoms with van der Waals surface area (Å²) in [5.74, 6) is 0.584. The third-order valence-corrected chi connectivity index (χ3v) is 4.86. The number of ether oxygens (including phenoxy) is 1. The van der Waals surface area contributed by atoms with Gasteiger partial charge in [0.05, 0.1) is 6.54 Å². The lowest BCUT2D eigenvalue weighted by molar-refractivity contribution is 0.0186. The Balaban J connectivity index is 1.68. The Morgan fingerprint density at radius 2 is 1.50 bits per heavy atom. The first-order valence-corrected chi connectivity index (χ1v) is 9.76. The Labute approximate surface area is 157 Å². The molecule has 0 aliphatic carbocycles. The summed E-state index contributed by atoms with van der Waals surface area (Å²) in [4.78, 5) is 25.3. The molecule has 0 saturated carbocycles. The quantitative estimate of drug-likeness (QED) is 0.575. The van der Waals surface area contributed by atoms with E-state index in [0.29, 0.717) is 32.1 Å². The van der Waals surface area contributed by atoms with E-state index >= 15 is 0 Å².